The summed E-state index contributed by atoms with van der Waals surface area (Å²) in [6.45, 7) is 7.74. The minimum Gasteiger partial charge on any atom is -0.362 e. The number of rotatable bonds is 4. The Morgan fingerprint density at radius 3 is 2.46 bits per heavy atom. The molecule has 4 aromatic rings. The molecule has 0 radical (unpaired) electrons. The number of ketones is 1. The molecule has 0 bridgehead atoms. The van der Waals surface area contributed by atoms with Crippen LogP contribution in [-0.2, 0) is 0 Å². The monoisotopic (exact) mass is 362 g/mol. The molecule has 3 nitrogen and oxygen atoms in total. The van der Waals surface area contributed by atoms with Gasteiger partial charge in [-0.05, 0) is 67.8 Å². The molecule has 1 unspecified atom stereocenters. The van der Waals surface area contributed by atoms with E-state index in [2.05, 4.69) is 58.7 Å². The highest BCUT2D eigenvalue weighted by Crippen LogP contribution is 2.40. The second-order valence-electron chi connectivity index (χ2n) is 6.94. The van der Waals surface area contributed by atoms with Gasteiger partial charge in [0.15, 0.2) is 5.78 Å². The highest BCUT2D eigenvalue weighted by Gasteiger charge is 2.27. The lowest BCUT2D eigenvalue weighted by Crippen LogP contribution is -2.06. The molecule has 2 N–H and O–H groups in total. The van der Waals surface area contributed by atoms with Crippen LogP contribution in [-0.4, -0.2) is 15.8 Å². The van der Waals surface area contributed by atoms with Crippen LogP contribution in [0.4, 0.5) is 0 Å². The highest BCUT2D eigenvalue weighted by atomic mass is 32.1. The minimum atomic E-state index is 0.0478. The maximum atomic E-state index is 12.1. The lowest BCUT2D eigenvalue weighted by molar-refractivity contribution is 0.101. The number of aromatic amines is 2. The van der Waals surface area contributed by atoms with Gasteiger partial charge in [0, 0.05) is 33.0 Å². The van der Waals surface area contributed by atoms with E-state index in [0.29, 0.717) is 0 Å². The van der Waals surface area contributed by atoms with Gasteiger partial charge < -0.3 is 9.97 Å². The molecule has 3 heterocycles. The van der Waals surface area contributed by atoms with Crippen molar-refractivity contribution in [2.75, 3.05) is 0 Å². The highest BCUT2D eigenvalue weighted by molar-refractivity contribution is 7.17. The van der Waals surface area contributed by atoms with Crippen molar-refractivity contribution < 1.29 is 4.79 Å². The van der Waals surface area contributed by atoms with Crippen LogP contribution in [0.15, 0.2) is 41.8 Å². The van der Waals surface area contributed by atoms with Crippen LogP contribution in [0.25, 0.3) is 10.1 Å². The molecule has 26 heavy (non-hydrogen) atoms. The Hall–Kier alpha value is -2.59. The predicted molar refractivity (Wildman–Crippen MR) is 109 cm³/mol. The van der Waals surface area contributed by atoms with E-state index in [1.54, 1.807) is 18.3 Å². The lowest BCUT2D eigenvalue weighted by atomic mass is 9.89. The van der Waals surface area contributed by atoms with Crippen LogP contribution in [0.2, 0.25) is 0 Å². The molecule has 4 rings (SSSR count). The van der Waals surface area contributed by atoms with E-state index < -0.39 is 0 Å². The third-order valence-corrected chi connectivity index (χ3v) is 6.09. The molecule has 0 aliphatic heterocycles. The van der Waals surface area contributed by atoms with E-state index in [-0.39, 0.29) is 11.7 Å². The quantitative estimate of drug-likeness (QED) is 0.439. The van der Waals surface area contributed by atoms with Crippen LogP contribution in [0, 0.1) is 20.8 Å². The van der Waals surface area contributed by atoms with E-state index in [1.165, 1.54) is 15.6 Å². The van der Waals surface area contributed by atoms with E-state index in [4.69, 9.17) is 0 Å². The molecule has 0 fully saturated rings. The van der Waals surface area contributed by atoms with Crippen LogP contribution < -0.4 is 0 Å². The van der Waals surface area contributed by atoms with Gasteiger partial charge in [-0.15, -0.1) is 11.3 Å². The second kappa shape index (κ2) is 6.29. The number of benzene rings is 1. The maximum Gasteiger partial charge on any atom is 0.161 e. The Morgan fingerprint density at radius 2 is 1.81 bits per heavy atom. The Kier molecular flexibility index (Phi) is 4.08. The molecule has 3 aromatic heterocycles. The molecule has 0 aliphatic rings. The molecule has 0 amide bonds. The number of carbonyl (C=O) groups excluding carboxylic acids is 1. The zero-order chi connectivity index (χ0) is 18.4. The molecule has 1 atom stereocenters. The van der Waals surface area contributed by atoms with E-state index in [9.17, 15) is 4.79 Å². The predicted octanol–water partition coefficient (Wildman–Crippen LogP) is 5.87. The number of aromatic nitrogens is 2. The summed E-state index contributed by atoms with van der Waals surface area (Å²) in [5.41, 5.74) is 7.45. The van der Waals surface area contributed by atoms with Crippen LogP contribution in [0.1, 0.15) is 57.1 Å². The van der Waals surface area contributed by atoms with Crippen molar-refractivity contribution in [3.05, 3.63) is 81.2 Å². The third-order valence-electron chi connectivity index (χ3n) is 5.10. The summed E-state index contributed by atoms with van der Waals surface area (Å²) < 4.78 is 1.28. The van der Waals surface area contributed by atoms with Gasteiger partial charge in [-0.3, -0.25) is 4.79 Å². The Bertz CT molecular complexity index is 1110. The second-order valence-corrected chi connectivity index (χ2v) is 7.85. The average molecular weight is 362 g/mol. The molecule has 0 aliphatic carbocycles. The number of H-pyrrole nitrogens is 2. The van der Waals surface area contributed by atoms with E-state index >= 15 is 0 Å². The Labute approximate surface area is 157 Å². The average Bonchev–Trinajstić information content (AvgIpc) is 3.28. The van der Waals surface area contributed by atoms with Crippen molar-refractivity contribution in [2.24, 2.45) is 0 Å². The number of Topliss-reactive ketones (excluding diaryl/α,β-unsaturated/α-hetero) is 1. The zero-order valence-corrected chi connectivity index (χ0v) is 16.3. The molecule has 132 valence electrons. The topological polar surface area (TPSA) is 48.6 Å². The Morgan fingerprint density at radius 1 is 1.04 bits per heavy atom. The first-order valence-corrected chi connectivity index (χ1v) is 9.67. The molecule has 0 saturated carbocycles. The number of hydrogen-bond acceptors (Lipinski definition) is 2. The van der Waals surface area contributed by atoms with Gasteiger partial charge in [0.1, 0.15) is 0 Å². The number of carbonyl (C=O) groups is 1. The first-order chi connectivity index (χ1) is 12.5. The summed E-state index contributed by atoms with van der Waals surface area (Å²) in [4.78, 5) is 19.2. The smallest absolute Gasteiger partial charge is 0.161 e. The van der Waals surface area contributed by atoms with Gasteiger partial charge in [-0.25, -0.2) is 0 Å². The summed E-state index contributed by atoms with van der Waals surface area (Å²) in [6, 6.07) is 12.8. The lowest BCUT2D eigenvalue weighted by Gasteiger charge is -2.16. The first kappa shape index (κ1) is 16.9. The van der Waals surface area contributed by atoms with Crippen molar-refractivity contribution in [2.45, 2.75) is 33.6 Å². The fraction of sp³-hybridized carbons (Fsp3) is 0.227. The molecule has 0 spiro atoms. The number of nitrogens with one attached hydrogen (secondary N) is 2. The number of aryl methyl sites for hydroxylation is 2. The van der Waals surface area contributed by atoms with Gasteiger partial charge >= 0.3 is 0 Å². The largest absolute Gasteiger partial charge is 0.362 e. The van der Waals surface area contributed by atoms with Gasteiger partial charge in [0.2, 0.25) is 0 Å². The summed E-state index contributed by atoms with van der Waals surface area (Å²) in [7, 11) is 0. The number of thiophene rings is 1. The SMILES string of the molecule is CC(=O)c1c(C)[nH]c(C(c2ccc(C)[nH]2)c2csc3ccccc23)c1C. The van der Waals surface area contributed by atoms with Crippen molar-refractivity contribution >= 4 is 27.2 Å². The summed E-state index contributed by atoms with van der Waals surface area (Å²) in [5, 5.41) is 3.51. The van der Waals surface area contributed by atoms with Gasteiger partial charge in [-0.2, -0.15) is 0 Å². The van der Waals surface area contributed by atoms with Crippen LogP contribution in [0.5, 0.6) is 0 Å². The van der Waals surface area contributed by atoms with Gasteiger partial charge in [0.25, 0.3) is 0 Å². The van der Waals surface area contributed by atoms with E-state index in [1.807, 2.05) is 13.8 Å². The summed E-state index contributed by atoms with van der Waals surface area (Å²) >= 11 is 1.77. The number of fused-ring (bicyclic) bond motifs is 1. The summed E-state index contributed by atoms with van der Waals surface area (Å²) in [6.07, 6.45) is 0. The van der Waals surface area contributed by atoms with Crippen molar-refractivity contribution in [3.63, 3.8) is 0 Å². The fourth-order valence-corrected chi connectivity index (χ4v) is 4.97. The standard InChI is InChI=1S/C22H22N2OS/c1-12-9-10-18(23-12)21(17-11-26-19-8-6-5-7-16(17)19)22-13(2)20(15(4)25)14(3)24-22/h5-11,21,23-24H,1-4H3. The van der Waals surface area contributed by atoms with E-state index in [0.717, 1.165) is 33.9 Å². The normalized spacial score (nSPS) is 12.6. The van der Waals surface area contributed by atoms with Crippen LogP contribution in [0.3, 0.4) is 0 Å². The first-order valence-electron chi connectivity index (χ1n) is 8.79. The van der Waals surface area contributed by atoms with Crippen molar-refractivity contribution in [1.29, 1.82) is 0 Å². The minimum absolute atomic E-state index is 0.0478. The molecule has 0 saturated heterocycles. The van der Waals surface area contributed by atoms with Crippen molar-refractivity contribution in [3.8, 4) is 0 Å². The zero-order valence-electron chi connectivity index (χ0n) is 15.4. The Balaban J connectivity index is 1.99. The molecule has 1 aromatic carbocycles. The molecular formula is C22H22N2OS. The maximum absolute atomic E-state index is 12.1. The van der Waals surface area contributed by atoms with Gasteiger partial charge in [0.05, 0.1) is 5.92 Å². The molecular weight excluding hydrogens is 340 g/mol. The van der Waals surface area contributed by atoms with Crippen LogP contribution >= 0.6 is 11.3 Å². The van der Waals surface area contributed by atoms with Gasteiger partial charge in [-0.1, -0.05) is 18.2 Å². The fourth-order valence-electron chi connectivity index (χ4n) is 3.99. The molecule has 4 heteroatoms. The summed E-state index contributed by atoms with van der Waals surface area (Å²) in [5.74, 6) is 0.158. The number of hydrogen-bond donors (Lipinski definition) is 2. The van der Waals surface area contributed by atoms with Crippen molar-refractivity contribution in [1.82, 2.24) is 9.97 Å². The third kappa shape index (κ3) is 2.61.